The van der Waals surface area contributed by atoms with Gasteiger partial charge in [-0.25, -0.2) is 18.7 Å². The van der Waals surface area contributed by atoms with E-state index in [-0.39, 0.29) is 11.6 Å². The maximum atomic E-state index is 14.2. The van der Waals surface area contributed by atoms with Crippen LogP contribution in [0.1, 0.15) is 10.4 Å². The number of likely N-dealkylation sites (N-methyl/N-ethyl adjacent to an activating group) is 1. The van der Waals surface area contributed by atoms with Crippen LogP contribution in [0.15, 0.2) is 30.6 Å². The molecule has 162 valence electrons. The van der Waals surface area contributed by atoms with Crippen LogP contribution in [-0.4, -0.2) is 58.0 Å². The van der Waals surface area contributed by atoms with Crippen LogP contribution in [0, 0.1) is 11.6 Å². The summed E-state index contributed by atoms with van der Waals surface area (Å²) in [5.74, 6) is -2.20. The van der Waals surface area contributed by atoms with Gasteiger partial charge in [-0.2, -0.15) is 0 Å². The number of nitrogens with one attached hydrogen (secondary N) is 1. The summed E-state index contributed by atoms with van der Waals surface area (Å²) in [6.45, 7) is 1.70. The van der Waals surface area contributed by atoms with Crippen molar-refractivity contribution in [2.75, 3.05) is 32.5 Å². The Hall–Kier alpha value is -3.11. The van der Waals surface area contributed by atoms with Gasteiger partial charge in [0.2, 0.25) is 5.91 Å². The summed E-state index contributed by atoms with van der Waals surface area (Å²) in [7, 11) is 3.87. The SMILES string of the molecule is CN(C)C/C=C/C(=O)N1CCc2c(sc3ncnc(Nc4cc(O)c(F)cc4F)c23)C1. The Labute approximate surface area is 181 Å². The molecule has 0 saturated carbocycles. The zero-order valence-electron chi connectivity index (χ0n) is 17.0. The number of hydrogen-bond donors (Lipinski definition) is 2. The summed E-state index contributed by atoms with van der Waals surface area (Å²) in [5.41, 5.74) is 0.925. The van der Waals surface area contributed by atoms with Crippen LogP contribution >= 0.6 is 11.3 Å². The number of aromatic nitrogens is 2. The van der Waals surface area contributed by atoms with Gasteiger partial charge in [-0.15, -0.1) is 11.3 Å². The smallest absolute Gasteiger partial charge is 0.246 e. The molecule has 0 spiro atoms. The maximum Gasteiger partial charge on any atom is 0.246 e. The monoisotopic (exact) mass is 445 g/mol. The van der Waals surface area contributed by atoms with Gasteiger partial charge >= 0.3 is 0 Å². The molecular formula is C21H21F2N5O2S. The molecule has 0 saturated heterocycles. The number of carbonyl (C=O) groups is 1. The van der Waals surface area contributed by atoms with E-state index >= 15 is 0 Å². The van der Waals surface area contributed by atoms with E-state index in [1.807, 2.05) is 25.1 Å². The predicted octanol–water partition coefficient (Wildman–Crippen LogP) is 3.42. The van der Waals surface area contributed by atoms with Crippen molar-refractivity contribution < 1.29 is 18.7 Å². The molecule has 1 amide bonds. The van der Waals surface area contributed by atoms with Crippen molar-refractivity contribution in [3.63, 3.8) is 0 Å². The number of aromatic hydroxyl groups is 1. The average Bonchev–Trinajstić information content (AvgIpc) is 3.10. The first kappa shape index (κ1) is 21.1. The molecule has 0 atom stereocenters. The van der Waals surface area contributed by atoms with Crippen LogP contribution in [0.5, 0.6) is 5.75 Å². The molecule has 0 aliphatic carbocycles. The van der Waals surface area contributed by atoms with Gasteiger partial charge in [0.1, 0.15) is 22.8 Å². The number of carbonyl (C=O) groups excluding carboxylic acids is 1. The number of halogens is 2. The number of anilines is 2. The minimum absolute atomic E-state index is 0.0433. The second-order valence-electron chi connectivity index (χ2n) is 7.49. The summed E-state index contributed by atoms with van der Waals surface area (Å²) in [6.07, 6.45) is 5.40. The van der Waals surface area contributed by atoms with Crippen LogP contribution in [0.3, 0.4) is 0 Å². The van der Waals surface area contributed by atoms with Crippen LogP contribution in [0.2, 0.25) is 0 Å². The van der Waals surface area contributed by atoms with Crippen molar-refractivity contribution in [3.8, 4) is 5.75 Å². The molecule has 2 N–H and O–H groups in total. The van der Waals surface area contributed by atoms with E-state index < -0.39 is 17.4 Å². The van der Waals surface area contributed by atoms with Crippen molar-refractivity contribution in [2.45, 2.75) is 13.0 Å². The highest BCUT2D eigenvalue weighted by Crippen LogP contribution is 2.38. The fraction of sp³-hybridized carbons (Fsp3) is 0.286. The Morgan fingerprint density at radius 2 is 2.13 bits per heavy atom. The lowest BCUT2D eigenvalue weighted by Crippen LogP contribution is -2.34. The van der Waals surface area contributed by atoms with Crippen LogP contribution in [-0.2, 0) is 17.8 Å². The Morgan fingerprint density at radius 1 is 1.32 bits per heavy atom. The third-order valence-corrected chi connectivity index (χ3v) is 6.09. The molecule has 0 unspecified atom stereocenters. The fourth-order valence-electron chi connectivity index (χ4n) is 3.44. The molecule has 7 nitrogen and oxygen atoms in total. The summed E-state index contributed by atoms with van der Waals surface area (Å²) in [6, 6.07) is 1.60. The first-order valence-electron chi connectivity index (χ1n) is 9.64. The second-order valence-corrected chi connectivity index (χ2v) is 8.57. The lowest BCUT2D eigenvalue weighted by Gasteiger charge is -2.26. The number of phenols is 1. The Bertz CT molecular complexity index is 1180. The molecular weight excluding hydrogens is 424 g/mol. The van der Waals surface area contributed by atoms with Crippen LogP contribution in [0.25, 0.3) is 10.2 Å². The molecule has 2 aromatic heterocycles. The van der Waals surface area contributed by atoms with Crippen molar-refractivity contribution in [2.24, 2.45) is 0 Å². The summed E-state index contributed by atoms with van der Waals surface area (Å²) in [4.78, 5) is 26.5. The van der Waals surface area contributed by atoms with Gasteiger partial charge in [0, 0.05) is 36.2 Å². The first-order valence-corrected chi connectivity index (χ1v) is 10.5. The van der Waals surface area contributed by atoms with E-state index in [4.69, 9.17) is 0 Å². The number of rotatable bonds is 5. The molecule has 3 heterocycles. The zero-order chi connectivity index (χ0) is 22.1. The van der Waals surface area contributed by atoms with Gasteiger partial charge in [0.05, 0.1) is 17.6 Å². The highest BCUT2D eigenvalue weighted by Gasteiger charge is 2.26. The number of fused-ring (bicyclic) bond motifs is 3. The molecule has 0 bridgehead atoms. The van der Waals surface area contributed by atoms with E-state index in [2.05, 4.69) is 15.3 Å². The number of nitrogens with zero attached hydrogens (tertiary/aromatic N) is 4. The summed E-state index contributed by atoms with van der Waals surface area (Å²) in [5, 5.41) is 13.2. The molecule has 0 fully saturated rings. The number of amides is 1. The normalized spacial score (nSPS) is 13.9. The quantitative estimate of drug-likeness (QED) is 0.586. The van der Waals surface area contributed by atoms with Crippen LogP contribution in [0.4, 0.5) is 20.3 Å². The van der Waals surface area contributed by atoms with E-state index in [0.29, 0.717) is 42.8 Å². The Balaban J connectivity index is 1.62. The Morgan fingerprint density at radius 3 is 2.90 bits per heavy atom. The maximum absolute atomic E-state index is 14.2. The molecule has 10 heteroatoms. The van der Waals surface area contributed by atoms with Crippen molar-refractivity contribution in [1.29, 1.82) is 0 Å². The first-order chi connectivity index (χ1) is 14.8. The summed E-state index contributed by atoms with van der Waals surface area (Å²) >= 11 is 1.46. The van der Waals surface area contributed by atoms with Crippen molar-refractivity contribution >= 4 is 39.0 Å². The average molecular weight is 445 g/mol. The second kappa shape index (κ2) is 8.56. The van der Waals surface area contributed by atoms with Gasteiger partial charge in [-0.1, -0.05) is 6.08 Å². The minimum Gasteiger partial charge on any atom is -0.505 e. The highest BCUT2D eigenvalue weighted by atomic mass is 32.1. The van der Waals surface area contributed by atoms with Crippen molar-refractivity contribution in [1.82, 2.24) is 19.8 Å². The molecule has 3 aromatic rings. The van der Waals surface area contributed by atoms with Gasteiger partial charge in [0.25, 0.3) is 0 Å². The molecule has 1 aromatic carbocycles. The highest BCUT2D eigenvalue weighted by molar-refractivity contribution is 7.19. The number of thiophene rings is 1. The largest absolute Gasteiger partial charge is 0.505 e. The lowest BCUT2D eigenvalue weighted by molar-refractivity contribution is -0.126. The third-order valence-electron chi connectivity index (χ3n) is 4.97. The van der Waals surface area contributed by atoms with Crippen molar-refractivity contribution in [3.05, 3.63) is 52.7 Å². The summed E-state index contributed by atoms with van der Waals surface area (Å²) < 4.78 is 27.5. The molecule has 0 radical (unpaired) electrons. The Kier molecular flexibility index (Phi) is 5.84. The van der Waals surface area contributed by atoms with E-state index in [0.717, 1.165) is 21.9 Å². The molecule has 4 rings (SSSR count). The van der Waals surface area contributed by atoms with E-state index in [1.54, 1.807) is 11.0 Å². The predicted molar refractivity (Wildman–Crippen MR) is 116 cm³/mol. The van der Waals surface area contributed by atoms with E-state index in [9.17, 15) is 18.7 Å². The van der Waals surface area contributed by atoms with Gasteiger partial charge < -0.3 is 20.2 Å². The number of hydrogen-bond acceptors (Lipinski definition) is 7. The molecule has 1 aliphatic rings. The van der Waals surface area contributed by atoms with E-state index in [1.165, 1.54) is 17.7 Å². The van der Waals surface area contributed by atoms with Gasteiger partial charge in [-0.05, 0) is 26.1 Å². The standard InChI is InChI=1S/C21H21F2N5O2S/c1-27(2)6-3-4-18(30)28-7-5-12-17(10-28)31-21-19(12)20(24-11-25-21)26-15-9-16(29)14(23)8-13(15)22/h3-4,8-9,11,29H,5-7,10H2,1-2H3,(H,24,25,26)/b4-3+. The fourth-order valence-corrected chi connectivity index (χ4v) is 4.64. The topological polar surface area (TPSA) is 81.6 Å². The molecule has 31 heavy (non-hydrogen) atoms. The van der Waals surface area contributed by atoms with Gasteiger partial charge in [-0.3, -0.25) is 4.79 Å². The molecule has 1 aliphatic heterocycles. The zero-order valence-corrected chi connectivity index (χ0v) is 17.8. The minimum atomic E-state index is -1.03. The third kappa shape index (κ3) is 4.35. The number of benzene rings is 1. The van der Waals surface area contributed by atoms with Gasteiger partial charge in [0.15, 0.2) is 11.6 Å². The van der Waals surface area contributed by atoms with Crippen LogP contribution < -0.4 is 5.32 Å². The lowest BCUT2D eigenvalue weighted by atomic mass is 10.0. The number of phenolic OH excluding ortho intramolecular Hbond substituents is 1.